The molecule has 12 nitrogen and oxygen atoms in total. The zero-order chi connectivity index (χ0) is 33.6. The van der Waals surface area contributed by atoms with E-state index in [0.29, 0.717) is 59.3 Å². The third-order valence-corrected chi connectivity index (χ3v) is 9.68. The molecule has 1 aliphatic heterocycles. The molecule has 3 aromatic carbocycles. The molecule has 13 heteroatoms. The second kappa shape index (κ2) is 12.5. The minimum atomic E-state index is -0.662. The molecule has 0 spiro atoms. The van der Waals surface area contributed by atoms with Gasteiger partial charge in [-0.2, -0.15) is 0 Å². The summed E-state index contributed by atoms with van der Waals surface area (Å²) in [5, 5.41) is 17.5. The van der Waals surface area contributed by atoms with Crippen molar-refractivity contribution in [2.45, 2.75) is 44.9 Å². The van der Waals surface area contributed by atoms with Crippen molar-refractivity contribution in [3.05, 3.63) is 86.0 Å². The Balaban J connectivity index is 1.28. The summed E-state index contributed by atoms with van der Waals surface area (Å²) >= 11 is 0. The molecule has 4 heterocycles. The Bertz CT molecular complexity index is 2400. The van der Waals surface area contributed by atoms with Crippen molar-refractivity contribution in [2.75, 3.05) is 38.0 Å². The van der Waals surface area contributed by atoms with Gasteiger partial charge in [-0.3, -0.25) is 19.7 Å². The first kappa shape index (κ1) is 30.9. The van der Waals surface area contributed by atoms with Crippen LogP contribution in [0.25, 0.3) is 49.8 Å². The van der Waals surface area contributed by atoms with E-state index in [2.05, 4.69) is 26.6 Å². The number of nitro groups is 1. The van der Waals surface area contributed by atoms with Crippen molar-refractivity contribution >= 4 is 67.1 Å². The monoisotopic (exact) mass is 666 g/mol. The van der Waals surface area contributed by atoms with Crippen LogP contribution in [-0.2, 0) is 0 Å². The Kier molecular flexibility index (Phi) is 7.91. The minimum Gasteiger partial charge on any atom is -0.453 e. The lowest BCUT2D eigenvalue weighted by Gasteiger charge is -2.17. The quantitative estimate of drug-likeness (QED) is 0.0367. The summed E-state index contributed by atoms with van der Waals surface area (Å²) in [7, 11) is 0. The van der Waals surface area contributed by atoms with Crippen molar-refractivity contribution in [1.82, 2.24) is 19.6 Å². The second-order valence-electron chi connectivity index (χ2n) is 12.9. The standard InChI is InChI=1S/C36H35FN6O6/c37-25-17-23-33-35(32(25)38-11-5-8-21-6-1-2-7-21)49-31-18-27-30(48-29-16-22(43(46)47)9-10-26(29)40-27)19-28(31)42(33)20-24(34(23)44)36(45)39-12-15-41-13-3-4-14-41/h8-10,16-20,38,40H,1-7,11-15H2,(H,39,45). The highest BCUT2D eigenvalue weighted by Crippen LogP contribution is 2.36. The summed E-state index contributed by atoms with van der Waals surface area (Å²) in [6.07, 6.45) is 11.2. The number of nitrogens with zero attached hydrogens (tertiary/aromatic N) is 3. The molecule has 1 amide bonds. The number of nitro benzene ring substituents is 1. The van der Waals surface area contributed by atoms with Crippen LogP contribution in [0.1, 0.15) is 55.3 Å². The molecule has 49 heavy (non-hydrogen) atoms. The summed E-state index contributed by atoms with van der Waals surface area (Å²) in [5.74, 6) is -1.21. The first-order valence-corrected chi connectivity index (χ1v) is 16.8. The predicted octanol–water partition coefficient (Wildman–Crippen LogP) is 7.16. The number of likely N-dealkylation sites (tertiary alicyclic amines) is 1. The summed E-state index contributed by atoms with van der Waals surface area (Å²) in [6, 6.07) is 8.80. The van der Waals surface area contributed by atoms with Gasteiger partial charge in [0.25, 0.3) is 11.6 Å². The maximum Gasteiger partial charge on any atom is 0.273 e. The van der Waals surface area contributed by atoms with E-state index >= 15 is 4.39 Å². The lowest BCUT2D eigenvalue weighted by Crippen LogP contribution is -2.35. The predicted molar refractivity (Wildman–Crippen MR) is 186 cm³/mol. The normalized spacial score (nSPS) is 15.3. The van der Waals surface area contributed by atoms with E-state index in [4.69, 9.17) is 8.83 Å². The number of carbonyl (C=O) groups is 1. The lowest BCUT2D eigenvalue weighted by molar-refractivity contribution is -0.384. The molecular weight excluding hydrogens is 631 g/mol. The van der Waals surface area contributed by atoms with Gasteiger partial charge in [0.1, 0.15) is 16.8 Å². The van der Waals surface area contributed by atoms with Crippen LogP contribution in [0.5, 0.6) is 0 Å². The van der Waals surface area contributed by atoms with Crippen molar-refractivity contribution in [1.29, 1.82) is 0 Å². The molecule has 0 atom stereocenters. The molecule has 1 saturated heterocycles. The number of fused-ring (bicyclic) bond motifs is 4. The number of aromatic amines is 1. The van der Waals surface area contributed by atoms with Crippen LogP contribution in [0.15, 0.2) is 67.9 Å². The van der Waals surface area contributed by atoms with Gasteiger partial charge in [0.05, 0.1) is 32.9 Å². The number of rotatable bonds is 9. The molecule has 0 unspecified atom stereocenters. The molecule has 2 fully saturated rings. The number of non-ortho nitro benzene ring substituents is 1. The van der Waals surface area contributed by atoms with E-state index in [1.54, 1.807) is 22.6 Å². The van der Waals surface area contributed by atoms with E-state index in [1.807, 2.05) is 0 Å². The van der Waals surface area contributed by atoms with Crippen LogP contribution >= 0.6 is 0 Å². The number of carbonyl (C=O) groups excluding carboxylic acids is 1. The largest absolute Gasteiger partial charge is 0.453 e. The van der Waals surface area contributed by atoms with Gasteiger partial charge < -0.3 is 33.8 Å². The smallest absolute Gasteiger partial charge is 0.273 e. The third-order valence-electron chi connectivity index (χ3n) is 9.68. The maximum absolute atomic E-state index is 16.0. The van der Waals surface area contributed by atoms with Gasteiger partial charge >= 0.3 is 0 Å². The van der Waals surface area contributed by atoms with E-state index in [1.165, 1.54) is 36.7 Å². The number of aromatic nitrogens is 2. The van der Waals surface area contributed by atoms with Gasteiger partial charge in [-0.15, -0.1) is 0 Å². The second-order valence-corrected chi connectivity index (χ2v) is 12.9. The Morgan fingerprint density at radius 2 is 1.80 bits per heavy atom. The number of H-pyrrole nitrogens is 1. The average Bonchev–Trinajstić information content (AvgIpc) is 3.82. The number of halogens is 1. The van der Waals surface area contributed by atoms with Gasteiger partial charge in [0, 0.05) is 44.0 Å². The number of nitrogens with one attached hydrogen (secondary N) is 3. The Morgan fingerprint density at radius 1 is 1.00 bits per heavy atom. The Morgan fingerprint density at radius 3 is 2.59 bits per heavy atom. The van der Waals surface area contributed by atoms with Crippen LogP contribution in [0.2, 0.25) is 0 Å². The SMILES string of the molecule is O=C(NCCN1CCCC1)c1cn2c3cc4oc5cc([N+](=O)[O-])ccc5[nH]c4cc3oc3c(NCCC=C4CCCC4)c(F)cc(c1=O)c32. The van der Waals surface area contributed by atoms with E-state index in [9.17, 15) is 19.7 Å². The number of hydrogen-bond donors (Lipinski definition) is 3. The average molecular weight is 667 g/mol. The fraction of sp³-hybridized carbons (Fsp3) is 0.333. The van der Waals surface area contributed by atoms with Crippen molar-refractivity contribution in [3.63, 3.8) is 0 Å². The molecular formula is C36H35FN6O6. The topological polar surface area (TPSA) is 151 Å². The molecule has 6 aromatic rings. The molecule has 252 valence electrons. The Labute approximate surface area is 278 Å². The summed E-state index contributed by atoms with van der Waals surface area (Å²) in [6.45, 7) is 3.45. The number of pyridine rings is 1. The fourth-order valence-electron chi connectivity index (χ4n) is 7.16. The minimum absolute atomic E-state index is 0.00158. The summed E-state index contributed by atoms with van der Waals surface area (Å²) in [5.41, 5.74) is 3.58. The first-order chi connectivity index (χ1) is 23.8. The zero-order valence-electron chi connectivity index (χ0n) is 26.8. The number of amides is 1. The molecule has 1 saturated carbocycles. The Hall–Kier alpha value is -5.43. The molecule has 3 N–H and O–H groups in total. The number of hydrogen-bond acceptors (Lipinski definition) is 8. The van der Waals surface area contributed by atoms with Crippen molar-refractivity contribution in [3.8, 4) is 0 Å². The highest BCUT2D eigenvalue weighted by atomic mass is 19.1. The van der Waals surface area contributed by atoms with Crippen LogP contribution in [0.4, 0.5) is 15.8 Å². The van der Waals surface area contributed by atoms with Crippen LogP contribution in [0, 0.1) is 15.9 Å². The number of allylic oxidation sites excluding steroid dienone is 1. The van der Waals surface area contributed by atoms with Crippen molar-refractivity contribution < 1.29 is 22.9 Å². The fourth-order valence-corrected chi connectivity index (χ4v) is 7.16. The van der Waals surface area contributed by atoms with E-state index in [-0.39, 0.29) is 33.5 Å². The first-order valence-electron chi connectivity index (χ1n) is 16.8. The van der Waals surface area contributed by atoms with Gasteiger partial charge in [-0.1, -0.05) is 11.6 Å². The molecule has 0 bridgehead atoms. The zero-order valence-corrected chi connectivity index (χ0v) is 26.8. The number of anilines is 1. The molecule has 1 aliphatic carbocycles. The molecule has 0 radical (unpaired) electrons. The van der Waals surface area contributed by atoms with Crippen LogP contribution in [-0.4, -0.2) is 57.8 Å². The van der Waals surface area contributed by atoms with Gasteiger partial charge in [-0.25, -0.2) is 4.39 Å². The van der Waals surface area contributed by atoms with Crippen LogP contribution in [0.3, 0.4) is 0 Å². The summed E-state index contributed by atoms with van der Waals surface area (Å²) < 4.78 is 30.1. The maximum atomic E-state index is 16.0. The highest BCUT2D eigenvalue weighted by molar-refractivity contribution is 6.07. The summed E-state index contributed by atoms with van der Waals surface area (Å²) in [4.78, 5) is 43.7. The van der Waals surface area contributed by atoms with Crippen molar-refractivity contribution in [2.24, 2.45) is 0 Å². The highest BCUT2D eigenvalue weighted by Gasteiger charge is 2.24. The third kappa shape index (κ3) is 5.73. The lowest BCUT2D eigenvalue weighted by atomic mass is 10.1. The van der Waals surface area contributed by atoms with E-state index < -0.39 is 22.1 Å². The molecule has 3 aromatic heterocycles. The van der Waals surface area contributed by atoms with Gasteiger partial charge in [-0.05, 0) is 70.2 Å². The van der Waals surface area contributed by atoms with E-state index in [0.717, 1.165) is 44.8 Å². The van der Waals surface area contributed by atoms with Gasteiger partial charge in [0.15, 0.2) is 28.1 Å². The van der Waals surface area contributed by atoms with Crippen LogP contribution < -0.4 is 16.1 Å². The molecule has 8 rings (SSSR count). The van der Waals surface area contributed by atoms with Gasteiger partial charge in [0.2, 0.25) is 5.43 Å². The molecule has 2 aliphatic rings. The number of benzene rings is 3.